The third-order valence-electron chi connectivity index (χ3n) is 4.04. The van der Waals surface area contributed by atoms with E-state index in [0.29, 0.717) is 24.8 Å². The quantitative estimate of drug-likeness (QED) is 0.756. The molecule has 3 rings (SSSR count). The first-order valence-corrected chi connectivity index (χ1v) is 9.46. The number of hydrogen-bond donors (Lipinski definition) is 0. The van der Waals surface area contributed by atoms with E-state index in [-0.39, 0.29) is 13.1 Å². The lowest BCUT2D eigenvalue weighted by Gasteiger charge is -2.34. The van der Waals surface area contributed by atoms with Crippen LogP contribution in [-0.4, -0.2) is 48.8 Å². The van der Waals surface area contributed by atoms with Crippen LogP contribution in [0.15, 0.2) is 41.4 Å². The molecule has 0 spiro atoms. The van der Waals surface area contributed by atoms with E-state index in [0.717, 1.165) is 23.8 Å². The van der Waals surface area contributed by atoms with E-state index in [2.05, 4.69) is 9.88 Å². The largest absolute Gasteiger partial charge is 0.296 e. The van der Waals surface area contributed by atoms with Crippen LogP contribution < -0.4 is 0 Å². The van der Waals surface area contributed by atoms with Crippen LogP contribution in [0.5, 0.6) is 0 Å². The molecule has 0 bridgehead atoms. The first kappa shape index (κ1) is 18.2. The summed E-state index contributed by atoms with van der Waals surface area (Å²) in [5, 5.41) is 0.414. The SMILES string of the molecule is O=S(=O)(c1cc(F)ccc1F)N1CCN(Cc2ccc(Cl)nc2)CC1. The smallest absolute Gasteiger partial charge is 0.246 e. The molecule has 1 aliphatic rings. The molecule has 1 fully saturated rings. The number of benzene rings is 1. The summed E-state index contributed by atoms with van der Waals surface area (Å²) < 4.78 is 53.4. The van der Waals surface area contributed by atoms with Gasteiger partial charge in [0.15, 0.2) is 0 Å². The van der Waals surface area contributed by atoms with E-state index in [1.54, 1.807) is 12.3 Å². The van der Waals surface area contributed by atoms with Crippen LogP contribution in [0.1, 0.15) is 5.56 Å². The fourth-order valence-corrected chi connectivity index (χ4v) is 4.31. The van der Waals surface area contributed by atoms with Crippen LogP contribution in [0.25, 0.3) is 0 Å². The van der Waals surface area contributed by atoms with Crippen molar-refractivity contribution >= 4 is 21.6 Å². The Hall–Kier alpha value is -1.61. The summed E-state index contributed by atoms with van der Waals surface area (Å²) in [5.41, 5.74) is 0.969. The summed E-state index contributed by atoms with van der Waals surface area (Å²) in [5.74, 6) is -1.73. The van der Waals surface area contributed by atoms with Crippen LogP contribution in [0.2, 0.25) is 5.15 Å². The molecule has 0 N–H and O–H groups in total. The highest BCUT2D eigenvalue weighted by atomic mass is 35.5. The zero-order valence-corrected chi connectivity index (χ0v) is 14.8. The Kier molecular flexibility index (Phi) is 5.33. The Morgan fingerprint density at radius 3 is 2.44 bits per heavy atom. The fourth-order valence-electron chi connectivity index (χ4n) is 2.70. The standard InChI is InChI=1S/C16H16ClF2N3O2S/c17-16-4-1-12(10-20-16)11-21-5-7-22(8-6-21)25(23,24)15-9-13(18)2-3-14(15)19/h1-4,9-10H,5-8,11H2. The summed E-state index contributed by atoms with van der Waals surface area (Å²) in [6.07, 6.45) is 1.67. The van der Waals surface area contributed by atoms with Gasteiger partial charge in [0.1, 0.15) is 21.7 Å². The summed E-state index contributed by atoms with van der Waals surface area (Å²) in [6, 6.07) is 6.00. The minimum absolute atomic E-state index is 0.208. The molecule has 2 heterocycles. The number of halogens is 3. The molecule has 9 heteroatoms. The van der Waals surface area contributed by atoms with Crippen molar-refractivity contribution in [1.29, 1.82) is 0 Å². The van der Waals surface area contributed by atoms with Gasteiger partial charge in [-0.1, -0.05) is 17.7 Å². The molecule has 2 aromatic rings. The molecule has 0 unspecified atom stereocenters. The van der Waals surface area contributed by atoms with E-state index >= 15 is 0 Å². The number of rotatable bonds is 4. The molecule has 1 aromatic carbocycles. The fraction of sp³-hybridized carbons (Fsp3) is 0.312. The predicted molar refractivity (Wildman–Crippen MR) is 89.6 cm³/mol. The van der Waals surface area contributed by atoms with Crippen molar-refractivity contribution in [2.45, 2.75) is 11.4 Å². The first-order chi connectivity index (χ1) is 11.9. The molecule has 0 aliphatic carbocycles. The highest BCUT2D eigenvalue weighted by Crippen LogP contribution is 2.22. The van der Waals surface area contributed by atoms with Crippen LogP contribution in [0.3, 0.4) is 0 Å². The van der Waals surface area contributed by atoms with E-state index in [1.165, 1.54) is 4.31 Å². The van der Waals surface area contributed by atoms with Gasteiger partial charge in [0, 0.05) is 38.9 Å². The number of piperazine rings is 1. The monoisotopic (exact) mass is 387 g/mol. The van der Waals surface area contributed by atoms with E-state index in [9.17, 15) is 17.2 Å². The van der Waals surface area contributed by atoms with Gasteiger partial charge in [-0.3, -0.25) is 4.90 Å². The van der Waals surface area contributed by atoms with Gasteiger partial charge in [0.25, 0.3) is 0 Å². The summed E-state index contributed by atoms with van der Waals surface area (Å²) in [4.78, 5) is 5.46. The van der Waals surface area contributed by atoms with Crippen molar-refractivity contribution in [3.63, 3.8) is 0 Å². The average molecular weight is 388 g/mol. The summed E-state index contributed by atoms with van der Waals surface area (Å²) in [7, 11) is -4.06. The summed E-state index contributed by atoms with van der Waals surface area (Å²) >= 11 is 5.75. The van der Waals surface area contributed by atoms with Gasteiger partial charge in [-0.15, -0.1) is 0 Å². The van der Waals surface area contributed by atoms with Crippen molar-refractivity contribution in [1.82, 2.24) is 14.2 Å². The normalized spacial score (nSPS) is 16.9. The van der Waals surface area contributed by atoms with Gasteiger partial charge in [-0.05, 0) is 29.8 Å². The maximum absolute atomic E-state index is 13.8. The van der Waals surface area contributed by atoms with Gasteiger partial charge in [0.2, 0.25) is 10.0 Å². The minimum Gasteiger partial charge on any atom is -0.296 e. The lowest BCUT2D eigenvalue weighted by Crippen LogP contribution is -2.48. The van der Waals surface area contributed by atoms with E-state index < -0.39 is 26.6 Å². The summed E-state index contributed by atoms with van der Waals surface area (Å²) in [6.45, 7) is 2.00. The second kappa shape index (κ2) is 7.33. The average Bonchev–Trinajstić information content (AvgIpc) is 2.59. The zero-order valence-electron chi connectivity index (χ0n) is 13.2. The Morgan fingerprint density at radius 2 is 1.80 bits per heavy atom. The van der Waals surface area contributed by atoms with Crippen LogP contribution in [0, 0.1) is 11.6 Å². The van der Waals surface area contributed by atoms with Gasteiger partial charge < -0.3 is 0 Å². The van der Waals surface area contributed by atoms with Crippen molar-refractivity contribution in [3.8, 4) is 0 Å². The molecule has 5 nitrogen and oxygen atoms in total. The number of pyridine rings is 1. The maximum atomic E-state index is 13.8. The molecule has 134 valence electrons. The number of nitrogens with zero attached hydrogens (tertiary/aromatic N) is 3. The number of hydrogen-bond acceptors (Lipinski definition) is 4. The molecule has 1 aromatic heterocycles. The van der Waals surface area contributed by atoms with Crippen molar-refractivity contribution in [2.75, 3.05) is 26.2 Å². The topological polar surface area (TPSA) is 53.5 Å². The zero-order chi connectivity index (χ0) is 18.0. The van der Waals surface area contributed by atoms with Crippen LogP contribution in [-0.2, 0) is 16.6 Å². The molecule has 0 atom stereocenters. The highest BCUT2D eigenvalue weighted by molar-refractivity contribution is 7.89. The van der Waals surface area contributed by atoms with Gasteiger partial charge in [0.05, 0.1) is 0 Å². The second-order valence-electron chi connectivity index (χ2n) is 5.74. The lowest BCUT2D eigenvalue weighted by molar-refractivity contribution is 0.181. The molecule has 25 heavy (non-hydrogen) atoms. The first-order valence-electron chi connectivity index (χ1n) is 7.64. The van der Waals surface area contributed by atoms with Crippen LogP contribution >= 0.6 is 11.6 Å². The van der Waals surface area contributed by atoms with Gasteiger partial charge in [-0.25, -0.2) is 22.2 Å². The van der Waals surface area contributed by atoms with Crippen LogP contribution in [0.4, 0.5) is 8.78 Å². The third kappa shape index (κ3) is 4.14. The molecule has 1 aliphatic heterocycles. The second-order valence-corrected chi connectivity index (χ2v) is 8.04. The molecule has 1 saturated heterocycles. The van der Waals surface area contributed by atoms with E-state index in [1.807, 2.05) is 6.07 Å². The Morgan fingerprint density at radius 1 is 1.08 bits per heavy atom. The highest BCUT2D eigenvalue weighted by Gasteiger charge is 2.31. The minimum atomic E-state index is -4.06. The molecule has 0 radical (unpaired) electrons. The lowest BCUT2D eigenvalue weighted by atomic mass is 10.2. The Balaban J connectivity index is 1.67. The third-order valence-corrected chi connectivity index (χ3v) is 6.17. The molecule has 0 saturated carbocycles. The molecule has 0 amide bonds. The number of aromatic nitrogens is 1. The molecular formula is C16H16ClF2N3O2S. The maximum Gasteiger partial charge on any atom is 0.246 e. The Bertz CT molecular complexity index is 854. The Labute approximate surface area is 149 Å². The van der Waals surface area contributed by atoms with Crippen molar-refractivity contribution in [3.05, 3.63) is 58.9 Å². The molecular weight excluding hydrogens is 372 g/mol. The predicted octanol–water partition coefficient (Wildman–Crippen LogP) is 2.52. The van der Waals surface area contributed by atoms with Crippen molar-refractivity contribution in [2.24, 2.45) is 0 Å². The number of sulfonamides is 1. The van der Waals surface area contributed by atoms with Crippen molar-refractivity contribution < 1.29 is 17.2 Å². The van der Waals surface area contributed by atoms with Gasteiger partial charge in [-0.2, -0.15) is 4.31 Å². The van der Waals surface area contributed by atoms with E-state index in [4.69, 9.17) is 11.6 Å². The van der Waals surface area contributed by atoms with Gasteiger partial charge >= 0.3 is 0 Å².